The summed E-state index contributed by atoms with van der Waals surface area (Å²) in [5.41, 5.74) is 12.2. The Labute approximate surface area is 165 Å². The molecule has 2 aromatic rings. The first-order chi connectivity index (χ1) is 13.6. The van der Waals surface area contributed by atoms with Crippen LogP contribution in [0.15, 0.2) is 47.6 Å². The maximum absolute atomic E-state index is 12.2. The number of carbonyl (C=O) groups is 1. The van der Waals surface area contributed by atoms with E-state index in [0.29, 0.717) is 11.3 Å². The van der Waals surface area contributed by atoms with Crippen molar-refractivity contribution < 1.29 is 19.2 Å². The molecule has 0 radical (unpaired) electrons. The molecule has 3 rings (SSSR count). The summed E-state index contributed by atoms with van der Waals surface area (Å²) in [6.45, 7) is 6.28. The number of rotatable bonds is 6. The van der Waals surface area contributed by atoms with Gasteiger partial charge in [-0.05, 0) is 55.0 Å². The number of nitrogen functional groups attached to an aromatic ring is 1. The third-order valence-corrected chi connectivity index (χ3v) is 4.84. The van der Waals surface area contributed by atoms with Crippen molar-refractivity contribution in [2.45, 2.75) is 13.5 Å². The number of amides is 1. The molecule has 2 aromatic carbocycles. The fourth-order valence-corrected chi connectivity index (χ4v) is 3.15. The van der Waals surface area contributed by atoms with Crippen LogP contribution >= 0.6 is 0 Å². The largest absolute Gasteiger partial charge is 0.496 e. The van der Waals surface area contributed by atoms with Gasteiger partial charge in [0.1, 0.15) is 25.4 Å². The van der Waals surface area contributed by atoms with E-state index in [1.807, 2.05) is 19.1 Å². The lowest BCUT2D eigenvalue weighted by atomic mass is 10.1. The number of methoxy groups -OCH3 is 1. The van der Waals surface area contributed by atoms with Crippen LogP contribution in [0.3, 0.4) is 0 Å². The molecular weight excluding hydrogens is 356 g/mol. The van der Waals surface area contributed by atoms with Gasteiger partial charge < -0.3 is 20.1 Å². The minimum absolute atomic E-state index is 0.272. The van der Waals surface area contributed by atoms with Crippen LogP contribution in [0.25, 0.3) is 0 Å². The van der Waals surface area contributed by atoms with Gasteiger partial charge in [0.15, 0.2) is 0 Å². The van der Waals surface area contributed by atoms with Crippen LogP contribution in [-0.2, 0) is 11.3 Å². The molecule has 0 unspecified atom stereocenters. The van der Waals surface area contributed by atoms with Crippen molar-refractivity contribution in [3.05, 3.63) is 59.2 Å². The number of hydrazone groups is 1. The molecule has 7 heteroatoms. The summed E-state index contributed by atoms with van der Waals surface area (Å²) in [5.74, 6) is 0.590. The number of carbonyl (C=O) groups excluding carboxylic acids is 1. The SMILES string of the molecule is COc1ccc(/C(C)=N\NC(=O)c2ccc(N)cc2)cc1C[NH+]1CCOCC1. The molecule has 1 aliphatic rings. The Morgan fingerprint density at radius 1 is 1.18 bits per heavy atom. The van der Waals surface area contributed by atoms with Crippen LogP contribution in [0, 0.1) is 0 Å². The quantitative estimate of drug-likeness (QED) is 0.392. The lowest BCUT2D eigenvalue weighted by Crippen LogP contribution is -3.12. The number of hydrogen-bond acceptors (Lipinski definition) is 5. The number of hydrogen-bond donors (Lipinski definition) is 3. The minimum Gasteiger partial charge on any atom is -0.496 e. The van der Waals surface area contributed by atoms with Gasteiger partial charge in [-0.15, -0.1) is 0 Å². The molecule has 7 nitrogen and oxygen atoms in total. The summed E-state index contributed by atoms with van der Waals surface area (Å²) in [6, 6.07) is 12.7. The highest BCUT2D eigenvalue weighted by Crippen LogP contribution is 2.19. The predicted molar refractivity (Wildman–Crippen MR) is 109 cm³/mol. The highest BCUT2D eigenvalue weighted by molar-refractivity contribution is 6.01. The van der Waals surface area contributed by atoms with Crippen molar-refractivity contribution in [2.24, 2.45) is 5.10 Å². The van der Waals surface area contributed by atoms with Gasteiger partial charge in [0.05, 0.1) is 26.0 Å². The maximum Gasteiger partial charge on any atom is 0.271 e. The number of ether oxygens (including phenoxy) is 2. The summed E-state index contributed by atoms with van der Waals surface area (Å²) >= 11 is 0. The van der Waals surface area contributed by atoms with E-state index >= 15 is 0 Å². The number of anilines is 1. The number of nitrogens with zero attached hydrogens (tertiary/aromatic N) is 1. The Morgan fingerprint density at radius 3 is 2.54 bits per heavy atom. The van der Waals surface area contributed by atoms with Gasteiger partial charge in [0, 0.05) is 16.8 Å². The van der Waals surface area contributed by atoms with Crippen molar-refractivity contribution in [3.63, 3.8) is 0 Å². The van der Waals surface area contributed by atoms with Gasteiger partial charge in [-0.2, -0.15) is 5.10 Å². The van der Waals surface area contributed by atoms with E-state index in [0.717, 1.165) is 55.4 Å². The number of quaternary nitrogens is 1. The highest BCUT2D eigenvalue weighted by atomic mass is 16.5. The molecule has 1 aliphatic heterocycles. The third kappa shape index (κ3) is 5.09. The molecule has 148 valence electrons. The average molecular weight is 383 g/mol. The molecule has 0 atom stereocenters. The topological polar surface area (TPSA) is 90.4 Å². The molecule has 0 aromatic heterocycles. The van der Waals surface area contributed by atoms with E-state index in [4.69, 9.17) is 15.2 Å². The van der Waals surface area contributed by atoms with Crippen molar-refractivity contribution in [3.8, 4) is 5.75 Å². The van der Waals surface area contributed by atoms with Crippen LogP contribution in [0.1, 0.15) is 28.4 Å². The van der Waals surface area contributed by atoms with E-state index in [1.165, 1.54) is 4.90 Å². The normalized spacial score (nSPS) is 15.3. The first-order valence-corrected chi connectivity index (χ1v) is 9.35. The van der Waals surface area contributed by atoms with Gasteiger partial charge >= 0.3 is 0 Å². The fourth-order valence-electron chi connectivity index (χ4n) is 3.15. The third-order valence-electron chi connectivity index (χ3n) is 4.84. The number of morpholine rings is 1. The molecular formula is C21H27N4O3+. The molecule has 1 amide bonds. The van der Waals surface area contributed by atoms with Gasteiger partial charge in [0.2, 0.25) is 0 Å². The molecule has 0 spiro atoms. The average Bonchev–Trinajstić information content (AvgIpc) is 2.73. The van der Waals surface area contributed by atoms with Crippen LogP contribution in [0.4, 0.5) is 5.69 Å². The van der Waals surface area contributed by atoms with Crippen molar-refractivity contribution >= 4 is 17.3 Å². The van der Waals surface area contributed by atoms with Gasteiger partial charge in [-0.25, -0.2) is 5.43 Å². The Bertz CT molecular complexity index is 843. The fraction of sp³-hybridized carbons (Fsp3) is 0.333. The zero-order valence-corrected chi connectivity index (χ0v) is 16.3. The van der Waals surface area contributed by atoms with Crippen LogP contribution in [0.2, 0.25) is 0 Å². The Balaban J connectivity index is 1.72. The van der Waals surface area contributed by atoms with E-state index in [2.05, 4.69) is 16.6 Å². The lowest BCUT2D eigenvalue weighted by molar-refractivity contribution is -0.921. The molecule has 0 aliphatic carbocycles. The Morgan fingerprint density at radius 2 is 1.86 bits per heavy atom. The zero-order valence-electron chi connectivity index (χ0n) is 16.3. The first kappa shape index (κ1) is 19.9. The molecule has 1 heterocycles. The summed E-state index contributed by atoms with van der Waals surface area (Å²) < 4.78 is 11.0. The second-order valence-electron chi connectivity index (χ2n) is 6.83. The lowest BCUT2D eigenvalue weighted by Gasteiger charge is -2.24. The summed E-state index contributed by atoms with van der Waals surface area (Å²) in [5, 5.41) is 4.25. The van der Waals surface area contributed by atoms with Crippen LogP contribution < -0.4 is 20.8 Å². The van der Waals surface area contributed by atoms with Gasteiger partial charge in [-0.3, -0.25) is 4.79 Å². The van der Waals surface area contributed by atoms with Gasteiger partial charge in [0.25, 0.3) is 5.91 Å². The summed E-state index contributed by atoms with van der Waals surface area (Å²) in [7, 11) is 1.68. The second-order valence-corrected chi connectivity index (χ2v) is 6.83. The van der Waals surface area contributed by atoms with Crippen molar-refractivity contribution in [2.75, 3.05) is 39.1 Å². The summed E-state index contributed by atoms with van der Waals surface area (Å²) in [4.78, 5) is 13.7. The molecule has 4 N–H and O–H groups in total. The molecule has 1 saturated heterocycles. The molecule has 28 heavy (non-hydrogen) atoms. The first-order valence-electron chi connectivity index (χ1n) is 9.35. The number of nitrogens with one attached hydrogen (secondary N) is 2. The van der Waals surface area contributed by atoms with Crippen LogP contribution in [-0.4, -0.2) is 45.0 Å². The van der Waals surface area contributed by atoms with Gasteiger partial charge in [-0.1, -0.05) is 0 Å². The smallest absolute Gasteiger partial charge is 0.271 e. The van der Waals surface area contributed by atoms with E-state index in [1.54, 1.807) is 31.4 Å². The monoisotopic (exact) mass is 383 g/mol. The predicted octanol–water partition coefficient (Wildman–Crippen LogP) is 0.847. The Hall–Kier alpha value is -2.90. The minimum atomic E-state index is -0.272. The zero-order chi connectivity index (χ0) is 19.9. The summed E-state index contributed by atoms with van der Waals surface area (Å²) in [6.07, 6.45) is 0. The second kappa shape index (κ2) is 9.34. The Kier molecular flexibility index (Phi) is 6.62. The van der Waals surface area contributed by atoms with E-state index < -0.39 is 0 Å². The standard InChI is InChI=1S/C21H26N4O3/c1-15(23-24-21(26)16-3-6-19(22)7-4-16)17-5-8-20(27-2)18(13-17)14-25-9-11-28-12-10-25/h3-8,13H,9-12,14,22H2,1-2H3,(H,24,26)/p+1/b23-15-. The molecule has 0 saturated carbocycles. The number of benzene rings is 2. The van der Waals surface area contributed by atoms with E-state index in [9.17, 15) is 4.79 Å². The maximum atomic E-state index is 12.2. The van der Waals surface area contributed by atoms with Crippen molar-refractivity contribution in [1.29, 1.82) is 0 Å². The molecule has 0 bridgehead atoms. The number of nitrogens with two attached hydrogens (primary N) is 1. The highest BCUT2D eigenvalue weighted by Gasteiger charge is 2.17. The van der Waals surface area contributed by atoms with Crippen molar-refractivity contribution in [1.82, 2.24) is 5.43 Å². The van der Waals surface area contributed by atoms with Crippen LogP contribution in [0.5, 0.6) is 5.75 Å². The molecule has 1 fully saturated rings. The van der Waals surface area contributed by atoms with E-state index in [-0.39, 0.29) is 5.91 Å².